The van der Waals surface area contributed by atoms with Gasteiger partial charge in [-0.2, -0.15) is 4.31 Å². The molecule has 248 valence electrons. The maximum absolute atomic E-state index is 12.4. The number of hydrogen-bond acceptors (Lipinski definition) is 17. The quantitative estimate of drug-likeness (QED) is 0.0851. The third-order valence-corrected chi connectivity index (χ3v) is 9.48. The summed E-state index contributed by atoms with van der Waals surface area (Å²) in [6.07, 6.45) is -4.88. The predicted molar refractivity (Wildman–Crippen MR) is 158 cm³/mol. The summed E-state index contributed by atoms with van der Waals surface area (Å²) in [6.45, 7) is -1.79. The van der Waals surface area contributed by atoms with Gasteiger partial charge in [-0.3, -0.25) is 18.4 Å². The number of nitrogen functional groups attached to an aromatic ring is 1. The van der Waals surface area contributed by atoms with Crippen LogP contribution in [-0.4, -0.2) is 176 Å². The molecular formula is C21H33N7Na2O14P2. The van der Waals surface area contributed by atoms with Gasteiger partial charge in [0.2, 0.25) is 5.91 Å². The van der Waals surface area contributed by atoms with Gasteiger partial charge < -0.3 is 56.1 Å². The molecule has 1 amide bonds. The van der Waals surface area contributed by atoms with Gasteiger partial charge in [0.15, 0.2) is 23.9 Å². The van der Waals surface area contributed by atoms with Crippen molar-refractivity contribution < 1.29 is 69.8 Å². The molecule has 10 unspecified atom stereocenters. The molecule has 2 aromatic heterocycles. The van der Waals surface area contributed by atoms with Crippen molar-refractivity contribution in [1.29, 1.82) is 0 Å². The number of aliphatic hydroxyl groups is 4. The molecule has 0 aromatic carbocycles. The molecule has 25 heteroatoms. The number of nitrogens with two attached hydrogens (primary N) is 2. The average Bonchev–Trinajstić information content (AvgIpc) is 3.61. The Kier molecular flexibility index (Phi) is 13.6. The first-order chi connectivity index (χ1) is 20.7. The van der Waals surface area contributed by atoms with Crippen molar-refractivity contribution in [1.82, 2.24) is 24.4 Å². The summed E-state index contributed by atoms with van der Waals surface area (Å²) in [4.78, 5) is 44.6. The van der Waals surface area contributed by atoms with Gasteiger partial charge in [-0.25, -0.2) is 24.1 Å². The molecule has 21 nitrogen and oxygen atoms in total. The number of ether oxygens (including phenoxy) is 2. The molecule has 10 atom stereocenters. The SMILES string of the molecule is NC(=O)C1=CN(C2OC(COP(=O)(O)OP(=O)(O)OCC3OC(n4cnc5c(N)ncnc54)C(O)C3O)C(O)C2O)C=CC1.[HH].[HH].[Na].[Na]. The fraction of sp³-hybridized carbons (Fsp3) is 0.524. The van der Waals surface area contributed by atoms with E-state index in [1.165, 1.54) is 28.2 Å². The molecule has 0 bridgehead atoms. The van der Waals surface area contributed by atoms with Gasteiger partial charge in [-0.15, -0.1) is 0 Å². The van der Waals surface area contributed by atoms with Crippen molar-refractivity contribution in [2.24, 2.45) is 5.73 Å². The Labute approximate surface area is 306 Å². The Morgan fingerprint density at radius 2 is 1.52 bits per heavy atom. The van der Waals surface area contributed by atoms with Crippen molar-refractivity contribution in [3.05, 3.63) is 36.7 Å². The summed E-state index contributed by atoms with van der Waals surface area (Å²) < 4.78 is 50.8. The number of carbonyl (C=O) groups excluding carboxylic acids is 1. The zero-order valence-electron chi connectivity index (χ0n) is 24.4. The summed E-state index contributed by atoms with van der Waals surface area (Å²) in [5.74, 6) is -0.658. The molecule has 2 aromatic rings. The zero-order chi connectivity index (χ0) is 32.0. The molecule has 3 aliphatic heterocycles. The molecule has 2 saturated heterocycles. The molecule has 0 aliphatic carbocycles. The van der Waals surface area contributed by atoms with Gasteiger partial charge >= 0.3 is 15.6 Å². The van der Waals surface area contributed by atoms with Crippen LogP contribution >= 0.6 is 15.6 Å². The fourth-order valence-corrected chi connectivity index (χ4v) is 6.77. The Bertz CT molecular complexity index is 1580. The van der Waals surface area contributed by atoms with Gasteiger partial charge in [-0.05, 0) is 6.42 Å². The Morgan fingerprint density at radius 3 is 2.11 bits per heavy atom. The van der Waals surface area contributed by atoms with E-state index in [0.29, 0.717) is 0 Å². The number of anilines is 1. The second kappa shape index (κ2) is 15.8. The van der Waals surface area contributed by atoms with Crippen LogP contribution in [0, 0.1) is 0 Å². The number of hydrogen-bond donors (Lipinski definition) is 8. The Balaban J connectivity index is 0.00000288. The number of primary amides is 1. The van der Waals surface area contributed by atoms with Crippen molar-refractivity contribution in [3.8, 4) is 0 Å². The van der Waals surface area contributed by atoms with E-state index >= 15 is 0 Å². The third-order valence-electron chi connectivity index (χ3n) is 6.88. The zero-order valence-corrected chi connectivity index (χ0v) is 30.2. The van der Waals surface area contributed by atoms with Crippen molar-refractivity contribution in [2.45, 2.75) is 55.5 Å². The monoisotopic (exact) mass is 715 g/mol. The van der Waals surface area contributed by atoms with E-state index in [1.54, 1.807) is 6.08 Å². The second-order valence-corrected chi connectivity index (χ2v) is 12.9. The van der Waals surface area contributed by atoms with Crippen LogP contribution in [0.3, 0.4) is 0 Å². The minimum absolute atomic E-state index is 0. The van der Waals surface area contributed by atoms with Crippen molar-refractivity contribution in [3.63, 3.8) is 0 Å². The fourth-order valence-electron chi connectivity index (χ4n) is 4.68. The Morgan fingerprint density at radius 1 is 0.957 bits per heavy atom. The van der Waals surface area contributed by atoms with Crippen LogP contribution in [0.4, 0.5) is 5.82 Å². The molecular weight excluding hydrogens is 682 g/mol. The number of aromatic nitrogens is 4. The number of carbonyl (C=O) groups is 1. The molecule has 10 N–H and O–H groups in total. The van der Waals surface area contributed by atoms with E-state index in [1.807, 2.05) is 0 Å². The molecule has 5 heterocycles. The molecule has 2 radical (unpaired) electrons. The third kappa shape index (κ3) is 8.64. The first-order valence-corrected chi connectivity index (χ1v) is 15.7. The van der Waals surface area contributed by atoms with Crippen LogP contribution < -0.4 is 11.5 Å². The summed E-state index contributed by atoms with van der Waals surface area (Å²) in [7, 11) is -10.7. The van der Waals surface area contributed by atoms with Gasteiger partial charge in [0.05, 0.1) is 19.5 Å². The van der Waals surface area contributed by atoms with Crippen molar-refractivity contribution in [2.75, 3.05) is 18.9 Å². The number of allylic oxidation sites excluding steroid dienone is 1. The van der Waals surface area contributed by atoms with E-state index in [4.69, 9.17) is 30.0 Å². The average molecular weight is 715 g/mol. The topological polar surface area (TPSA) is 318 Å². The van der Waals surface area contributed by atoms with Gasteiger partial charge in [-0.1, -0.05) is 6.08 Å². The maximum Gasteiger partial charge on any atom is 0.481 e. The maximum atomic E-state index is 12.4. The van der Waals surface area contributed by atoms with E-state index in [2.05, 4.69) is 19.3 Å². The first kappa shape index (κ1) is 39.6. The summed E-state index contributed by atoms with van der Waals surface area (Å²) in [6, 6.07) is 0. The number of amides is 1. The van der Waals surface area contributed by atoms with Crippen LogP contribution in [0.15, 0.2) is 36.7 Å². The van der Waals surface area contributed by atoms with Gasteiger partial charge in [0, 0.05) is 79.9 Å². The Hall–Kier alpha value is -0.880. The van der Waals surface area contributed by atoms with Gasteiger partial charge in [0.25, 0.3) is 0 Å². The van der Waals surface area contributed by atoms with Crippen LogP contribution in [0.25, 0.3) is 11.2 Å². The van der Waals surface area contributed by atoms with Crippen LogP contribution in [0.2, 0.25) is 0 Å². The second-order valence-electron chi connectivity index (χ2n) is 9.84. The van der Waals surface area contributed by atoms with E-state index in [-0.39, 0.29) is 90.9 Å². The largest absolute Gasteiger partial charge is 0.481 e. The number of phosphoric acid groups is 2. The molecule has 2 fully saturated rings. The minimum atomic E-state index is -5.37. The van der Waals surface area contributed by atoms with Gasteiger partial charge in [0.1, 0.15) is 48.5 Å². The van der Waals surface area contributed by atoms with E-state index in [9.17, 15) is 44.1 Å². The van der Waals surface area contributed by atoms with Crippen molar-refractivity contribution >= 4 is 97.6 Å². The normalized spacial score (nSPS) is 31.9. The molecule has 5 rings (SSSR count). The summed E-state index contributed by atoms with van der Waals surface area (Å²) in [5, 5.41) is 41.6. The number of nitrogens with zero attached hydrogens (tertiary/aromatic N) is 5. The molecule has 0 saturated carbocycles. The van der Waals surface area contributed by atoms with Crippen LogP contribution in [0.1, 0.15) is 15.5 Å². The number of rotatable bonds is 11. The predicted octanol–water partition coefficient (Wildman–Crippen LogP) is -2.96. The molecule has 46 heavy (non-hydrogen) atoms. The smallest absolute Gasteiger partial charge is 0.387 e. The first-order valence-electron chi connectivity index (χ1n) is 12.7. The molecule has 3 aliphatic rings. The summed E-state index contributed by atoms with van der Waals surface area (Å²) >= 11 is 0. The number of imidazole rings is 1. The van der Waals surface area contributed by atoms with Crippen LogP contribution in [-0.2, 0) is 36.8 Å². The van der Waals surface area contributed by atoms with E-state index in [0.717, 1.165) is 6.33 Å². The number of fused-ring (bicyclic) bond motifs is 1. The number of phosphoric ester groups is 2. The minimum Gasteiger partial charge on any atom is -0.387 e. The standard InChI is InChI=1S/C21H29N7O14P2.2Na.2H2/c22-17-12-19(25-7-24-17)28(8-26-12)21-16(32)14(30)11(41-21)6-39-44(36,37)42-43(34,35)38-5-10-13(29)15(31)20(40-10)27-3-1-2-9(4-27)18(23)33;;;;/h1,3-4,7-8,10-11,13-16,20-21,29-32H,2,5-6H2,(H2,23,33)(H,34,35)(H,36,37)(H2,22,24,25);;;2*1H. The number of aliphatic hydroxyl groups excluding tert-OH is 4. The summed E-state index contributed by atoms with van der Waals surface area (Å²) in [5.41, 5.74) is 11.6. The molecule has 0 spiro atoms. The van der Waals surface area contributed by atoms with Crippen LogP contribution in [0.5, 0.6) is 0 Å². The van der Waals surface area contributed by atoms with E-state index < -0.39 is 83.8 Å².